The number of amides is 2. The van der Waals surface area contributed by atoms with E-state index in [2.05, 4.69) is 10.6 Å². The van der Waals surface area contributed by atoms with Crippen molar-refractivity contribution in [3.05, 3.63) is 41.1 Å². The SMILES string of the molecule is CCC(=O)C1=C(C)NC(=O)NC1c1cccc(OC)c1. The second-order valence-electron chi connectivity index (χ2n) is 4.62. The third kappa shape index (κ3) is 2.66. The minimum atomic E-state index is -0.439. The first-order valence-corrected chi connectivity index (χ1v) is 6.52. The lowest BCUT2D eigenvalue weighted by atomic mass is 9.91. The maximum atomic E-state index is 12.1. The molecule has 0 saturated carbocycles. The third-order valence-corrected chi connectivity index (χ3v) is 3.32. The standard InChI is InChI=1S/C15H18N2O3/c1-4-12(18)13-9(2)16-15(19)17-14(13)10-6-5-7-11(8-10)20-3/h5-8,14H,4H2,1-3H3,(H2,16,17,19). The molecule has 1 unspecified atom stereocenters. The fourth-order valence-electron chi connectivity index (χ4n) is 2.33. The lowest BCUT2D eigenvalue weighted by Crippen LogP contribution is -2.45. The zero-order valence-corrected chi connectivity index (χ0v) is 11.8. The van der Waals surface area contributed by atoms with Crippen LogP contribution in [0.5, 0.6) is 5.75 Å². The number of nitrogens with one attached hydrogen (secondary N) is 2. The summed E-state index contributed by atoms with van der Waals surface area (Å²) in [5.41, 5.74) is 2.03. The normalized spacial score (nSPS) is 18.4. The molecular weight excluding hydrogens is 256 g/mol. The van der Waals surface area contributed by atoms with E-state index in [0.717, 1.165) is 5.56 Å². The number of rotatable bonds is 4. The Hall–Kier alpha value is -2.30. The average molecular weight is 274 g/mol. The van der Waals surface area contributed by atoms with Gasteiger partial charge in [-0.25, -0.2) is 4.79 Å². The Balaban J connectivity index is 2.48. The summed E-state index contributed by atoms with van der Waals surface area (Å²) in [4.78, 5) is 23.8. The minimum absolute atomic E-state index is 0.0165. The molecule has 1 aromatic rings. The first-order valence-electron chi connectivity index (χ1n) is 6.52. The van der Waals surface area contributed by atoms with E-state index in [4.69, 9.17) is 4.74 Å². The van der Waals surface area contributed by atoms with Gasteiger partial charge in [-0.15, -0.1) is 0 Å². The molecule has 0 aliphatic carbocycles. The van der Waals surface area contributed by atoms with Crippen molar-refractivity contribution in [2.24, 2.45) is 0 Å². The van der Waals surface area contributed by atoms with Crippen LogP contribution < -0.4 is 15.4 Å². The Bertz CT molecular complexity index is 578. The summed E-state index contributed by atoms with van der Waals surface area (Å²) in [5, 5.41) is 5.45. The Morgan fingerprint density at radius 3 is 2.80 bits per heavy atom. The Morgan fingerprint density at radius 1 is 1.40 bits per heavy atom. The number of carbonyl (C=O) groups is 2. The maximum absolute atomic E-state index is 12.1. The number of hydrogen-bond donors (Lipinski definition) is 2. The van der Waals surface area contributed by atoms with Crippen LogP contribution in [0.25, 0.3) is 0 Å². The molecule has 0 radical (unpaired) electrons. The van der Waals surface area contributed by atoms with Crippen molar-refractivity contribution in [2.45, 2.75) is 26.3 Å². The molecule has 5 heteroatoms. The fraction of sp³-hybridized carbons (Fsp3) is 0.333. The van der Waals surface area contributed by atoms with Gasteiger partial charge < -0.3 is 15.4 Å². The molecule has 1 aliphatic heterocycles. The molecule has 0 spiro atoms. The monoisotopic (exact) mass is 274 g/mol. The first-order chi connectivity index (χ1) is 9.56. The minimum Gasteiger partial charge on any atom is -0.497 e. The van der Waals surface area contributed by atoms with Gasteiger partial charge in [0.15, 0.2) is 5.78 Å². The number of methoxy groups -OCH3 is 1. The van der Waals surface area contributed by atoms with Gasteiger partial charge in [-0.05, 0) is 24.6 Å². The molecule has 2 rings (SSSR count). The van der Waals surface area contributed by atoms with Crippen molar-refractivity contribution in [3.63, 3.8) is 0 Å². The molecule has 1 aliphatic rings. The van der Waals surface area contributed by atoms with Crippen LogP contribution >= 0.6 is 0 Å². The molecular formula is C15H18N2O3. The van der Waals surface area contributed by atoms with E-state index in [0.29, 0.717) is 23.4 Å². The molecule has 1 aromatic carbocycles. The number of carbonyl (C=O) groups excluding carboxylic acids is 2. The molecule has 20 heavy (non-hydrogen) atoms. The Labute approximate surface area is 118 Å². The van der Waals surface area contributed by atoms with Crippen LogP contribution in [0.3, 0.4) is 0 Å². The molecule has 2 amide bonds. The number of allylic oxidation sites excluding steroid dienone is 1. The zero-order chi connectivity index (χ0) is 14.7. The second kappa shape index (κ2) is 5.77. The van der Waals surface area contributed by atoms with Crippen LogP contribution in [0, 0.1) is 0 Å². The summed E-state index contributed by atoms with van der Waals surface area (Å²) in [6.07, 6.45) is 0.394. The van der Waals surface area contributed by atoms with Gasteiger partial charge in [-0.1, -0.05) is 19.1 Å². The van der Waals surface area contributed by atoms with E-state index >= 15 is 0 Å². The molecule has 0 fully saturated rings. The van der Waals surface area contributed by atoms with Crippen molar-refractivity contribution in [3.8, 4) is 5.75 Å². The second-order valence-corrected chi connectivity index (χ2v) is 4.62. The third-order valence-electron chi connectivity index (χ3n) is 3.32. The van der Waals surface area contributed by atoms with Gasteiger partial charge in [0.05, 0.1) is 13.2 Å². The number of ketones is 1. The van der Waals surface area contributed by atoms with Crippen LogP contribution in [0.15, 0.2) is 35.5 Å². The molecule has 106 valence electrons. The van der Waals surface area contributed by atoms with Gasteiger partial charge in [-0.3, -0.25) is 4.79 Å². The van der Waals surface area contributed by atoms with E-state index in [9.17, 15) is 9.59 Å². The number of urea groups is 1. The van der Waals surface area contributed by atoms with Crippen LogP contribution in [0.1, 0.15) is 31.9 Å². The van der Waals surface area contributed by atoms with Gasteiger partial charge in [0, 0.05) is 17.7 Å². The molecule has 5 nitrogen and oxygen atoms in total. The lowest BCUT2D eigenvalue weighted by molar-refractivity contribution is -0.115. The number of Topliss-reactive ketones (excluding diaryl/α,β-unsaturated/α-hetero) is 1. The van der Waals surface area contributed by atoms with Crippen LogP contribution in [0.4, 0.5) is 4.79 Å². The summed E-state index contributed by atoms with van der Waals surface area (Å²) in [5.74, 6) is 0.707. The van der Waals surface area contributed by atoms with Crippen molar-refractivity contribution in [2.75, 3.05) is 7.11 Å². The Morgan fingerprint density at radius 2 is 2.15 bits per heavy atom. The van der Waals surface area contributed by atoms with Gasteiger partial charge in [0.2, 0.25) is 0 Å². The van der Waals surface area contributed by atoms with Gasteiger partial charge in [0.1, 0.15) is 5.75 Å². The molecule has 1 heterocycles. The fourth-order valence-corrected chi connectivity index (χ4v) is 2.33. The number of hydrogen-bond acceptors (Lipinski definition) is 3. The maximum Gasteiger partial charge on any atom is 0.319 e. The molecule has 0 aromatic heterocycles. The summed E-state index contributed by atoms with van der Waals surface area (Å²) >= 11 is 0. The quantitative estimate of drug-likeness (QED) is 0.885. The highest BCUT2D eigenvalue weighted by atomic mass is 16.5. The predicted molar refractivity (Wildman–Crippen MR) is 75.4 cm³/mol. The van der Waals surface area contributed by atoms with E-state index in [1.165, 1.54) is 0 Å². The van der Waals surface area contributed by atoms with E-state index < -0.39 is 6.04 Å². The van der Waals surface area contributed by atoms with Gasteiger partial charge in [0.25, 0.3) is 0 Å². The predicted octanol–water partition coefficient (Wildman–Crippen LogP) is 2.30. The van der Waals surface area contributed by atoms with Gasteiger partial charge in [-0.2, -0.15) is 0 Å². The van der Waals surface area contributed by atoms with Crippen LogP contribution in [-0.4, -0.2) is 18.9 Å². The van der Waals surface area contributed by atoms with Crippen LogP contribution in [-0.2, 0) is 4.79 Å². The molecule has 0 bridgehead atoms. The number of ether oxygens (including phenoxy) is 1. The Kier molecular flexibility index (Phi) is 4.08. The van der Waals surface area contributed by atoms with E-state index in [-0.39, 0.29) is 11.8 Å². The van der Waals surface area contributed by atoms with E-state index in [1.54, 1.807) is 14.0 Å². The summed E-state index contributed by atoms with van der Waals surface area (Å²) in [6.45, 7) is 3.55. The summed E-state index contributed by atoms with van der Waals surface area (Å²) < 4.78 is 5.19. The molecule has 1 atom stereocenters. The largest absolute Gasteiger partial charge is 0.497 e. The molecule has 0 saturated heterocycles. The van der Waals surface area contributed by atoms with Crippen LogP contribution in [0.2, 0.25) is 0 Å². The topological polar surface area (TPSA) is 67.4 Å². The smallest absolute Gasteiger partial charge is 0.319 e. The highest BCUT2D eigenvalue weighted by molar-refractivity contribution is 5.99. The summed E-state index contributed by atoms with van der Waals surface area (Å²) in [7, 11) is 1.58. The number of benzene rings is 1. The van der Waals surface area contributed by atoms with E-state index in [1.807, 2.05) is 31.2 Å². The van der Waals surface area contributed by atoms with Crippen molar-refractivity contribution >= 4 is 11.8 Å². The highest BCUT2D eigenvalue weighted by Gasteiger charge is 2.30. The first kappa shape index (κ1) is 14.1. The highest BCUT2D eigenvalue weighted by Crippen LogP contribution is 2.29. The summed E-state index contributed by atoms with van der Waals surface area (Å²) in [6, 6.07) is 6.62. The average Bonchev–Trinajstić information content (AvgIpc) is 2.45. The van der Waals surface area contributed by atoms with Gasteiger partial charge >= 0.3 is 6.03 Å². The van der Waals surface area contributed by atoms with Crippen molar-refractivity contribution in [1.82, 2.24) is 10.6 Å². The van der Waals surface area contributed by atoms with Crippen molar-refractivity contribution < 1.29 is 14.3 Å². The lowest BCUT2D eigenvalue weighted by Gasteiger charge is -2.28. The van der Waals surface area contributed by atoms with Crippen molar-refractivity contribution in [1.29, 1.82) is 0 Å². The zero-order valence-electron chi connectivity index (χ0n) is 11.8. The molecule has 2 N–H and O–H groups in total.